The van der Waals surface area contributed by atoms with E-state index in [1.54, 1.807) is 18.3 Å². The zero-order valence-corrected chi connectivity index (χ0v) is 9.51. The van der Waals surface area contributed by atoms with Crippen LogP contribution in [0.4, 0.5) is 5.69 Å². The molecule has 1 aromatic carbocycles. The van der Waals surface area contributed by atoms with E-state index < -0.39 is 17.9 Å². The van der Waals surface area contributed by atoms with Gasteiger partial charge in [-0.2, -0.15) is 5.10 Å². The summed E-state index contributed by atoms with van der Waals surface area (Å²) in [5.74, 6) is -1.07. The number of anilines is 1. The maximum atomic E-state index is 11.7. The van der Waals surface area contributed by atoms with Gasteiger partial charge in [0.2, 0.25) is 11.8 Å². The first kappa shape index (κ1) is 12.1. The Morgan fingerprint density at radius 3 is 2.94 bits per heavy atom. The monoisotopic (exact) mass is 247 g/mol. The molecule has 0 aliphatic heterocycles. The van der Waals surface area contributed by atoms with Gasteiger partial charge in [-0.3, -0.25) is 14.7 Å². The summed E-state index contributed by atoms with van der Waals surface area (Å²) in [6.45, 7) is 0. The fourth-order valence-corrected chi connectivity index (χ4v) is 1.61. The molecule has 0 aliphatic rings. The largest absolute Gasteiger partial charge is 0.370 e. The van der Waals surface area contributed by atoms with Crippen LogP contribution in [0.1, 0.15) is 6.42 Å². The molecule has 0 spiro atoms. The highest BCUT2D eigenvalue weighted by molar-refractivity contribution is 6.03. The minimum Gasteiger partial charge on any atom is -0.370 e. The summed E-state index contributed by atoms with van der Waals surface area (Å²) in [5.41, 5.74) is 11.9. The second-order valence-electron chi connectivity index (χ2n) is 3.90. The Bertz CT molecular complexity index is 592. The van der Waals surface area contributed by atoms with E-state index in [2.05, 4.69) is 15.5 Å². The number of amides is 2. The lowest BCUT2D eigenvalue weighted by Crippen LogP contribution is -2.39. The van der Waals surface area contributed by atoms with Crippen LogP contribution >= 0.6 is 0 Å². The highest BCUT2D eigenvalue weighted by Crippen LogP contribution is 2.20. The van der Waals surface area contributed by atoms with Crippen LogP contribution in [0, 0.1) is 0 Å². The van der Waals surface area contributed by atoms with Crippen LogP contribution in [0.3, 0.4) is 0 Å². The van der Waals surface area contributed by atoms with E-state index >= 15 is 0 Å². The van der Waals surface area contributed by atoms with E-state index in [-0.39, 0.29) is 6.42 Å². The molecule has 18 heavy (non-hydrogen) atoms. The number of nitrogens with one attached hydrogen (secondary N) is 2. The van der Waals surface area contributed by atoms with Gasteiger partial charge in [0.15, 0.2) is 0 Å². The van der Waals surface area contributed by atoms with Crippen molar-refractivity contribution >= 4 is 28.4 Å². The first-order chi connectivity index (χ1) is 8.58. The van der Waals surface area contributed by atoms with E-state index in [0.29, 0.717) is 5.69 Å². The highest BCUT2D eigenvalue weighted by atomic mass is 16.2. The van der Waals surface area contributed by atoms with Gasteiger partial charge < -0.3 is 16.8 Å². The maximum absolute atomic E-state index is 11.7. The number of aromatic amines is 1. The molecule has 0 aliphatic carbocycles. The molecule has 0 fully saturated rings. The Kier molecular flexibility index (Phi) is 3.24. The van der Waals surface area contributed by atoms with E-state index in [1.165, 1.54) is 0 Å². The van der Waals surface area contributed by atoms with Crippen LogP contribution < -0.4 is 16.8 Å². The fourth-order valence-electron chi connectivity index (χ4n) is 1.61. The van der Waals surface area contributed by atoms with Crippen molar-refractivity contribution < 1.29 is 9.59 Å². The topological polar surface area (TPSA) is 127 Å². The Hall–Kier alpha value is -2.41. The van der Waals surface area contributed by atoms with Gasteiger partial charge in [0.05, 0.1) is 29.9 Å². The minimum absolute atomic E-state index is 0.187. The molecule has 2 rings (SSSR count). The third-order valence-corrected chi connectivity index (χ3v) is 2.50. The number of hydrogen-bond acceptors (Lipinski definition) is 4. The zero-order chi connectivity index (χ0) is 13.1. The molecule has 1 atom stereocenters. The third kappa shape index (κ3) is 2.46. The molecular formula is C11H13N5O2. The lowest BCUT2D eigenvalue weighted by Gasteiger charge is -2.11. The number of fused-ring (bicyclic) bond motifs is 1. The summed E-state index contributed by atoms with van der Waals surface area (Å²) in [6, 6.07) is 4.38. The number of benzene rings is 1. The van der Waals surface area contributed by atoms with Crippen molar-refractivity contribution in [2.24, 2.45) is 11.5 Å². The van der Waals surface area contributed by atoms with Crippen molar-refractivity contribution in [3.05, 3.63) is 24.4 Å². The van der Waals surface area contributed by atoms with Crippen molar-refractivity contribution in [3.63, 3.8) is 0 Å². The molecule has 0 saturated carbocycles. The third-order valence-electron chi connectivity index (χ3n) is 2.50. The van der Waals surface area contributed by atoms with E-state index in [9.17, 15) is 9.59 Å². The van der Waals surface area contributed by atoms with Gasteiger partial charge in [-0.1, -0.05) is 6.07 Å². The maximum Gasteiger partial charge on any atom is 0.241 e. The summed E-state index contributed by atoms with van der Waals surface area (Å²) < 4.78 is 0. The van der Waals surface area contributed by atoms with E-state index in [1.807, 2.05) is 6.07 Å². The smallest absolute Gasteiger partial charge is 0.241 e. The molecule has 0 saturated heterocycles. The Labute approximate surface area is 103 Å². The lowest BCUT2D eigenvalue weighted by atomic mass is 10.1. The summed E-state index contributed by atoms with van der Waals surface area (Å²) in [6.07, 6.45) is 1.41. The Balaban J connectivity index is 2.16. The number of rotatable bonds is 4. The molecule has 94 valence electrons. The number of nitrogens with two attached hydrogens (primary N) is 2. The normalized spacial score (nSPS) is 12.3. The molecule has 0 bridgehead atoms. The minimum atomic E-state index is -0.954. The molecule has 0 unspecified atom stereocenters. The quantitative estimate of drug-likeness (QED) is 0.591. The van der Waals surface area contributed by atoms with Crippen LogP contribution in [0.5, 0.6) is 0 Å². The van der Waals surface area contributed by atoms with Gasteiger partial charge in [-0.15, -0.1) is 0 Å². The van der Waals surface area contributed by atoms with Gasteiger partial charge >= 0.3 is 0 Å². The molecule has 7 heteroatoms. The molecule has 1 aromatic heterocycles. The van der Waals surface area contributed by atoms with Crippen molar-refractivity contribution in [3.8, 4) is 0 Å². The van der Waals surface area contributed by atoms with Crippen molar-refractivity contribution in [2.75, 3.05) is 5.32 Å². The average Bonchev–Trinajstić information content (AvgIpc) is 2.77. The van der Waals surface area contributed by atoms with Crippen LogP contribution in [0.15, 0.2) is 24.4 Å². The van der Waals surface area contributed by atoms with E-state index in [0.717, 1.165) is 10.9 Å². The van der Waals surface area contributed by atoms with Crippen LogP contribution in [-0.4, -0.2) is 28.1 Å². The van der Waals surface area contributed by atoms with Gasteiger partial charge in [-0.05, 0) is 12.1 Å². The molecule has 2 amide bonds. The van der Waals surface area contributed by atoms with Crippen molar-refractivity contribution in [1.29, 1.82) is 0 Å². The number of nitrogens with zero attached hydrogens (tertiary/aromatic N) is 1. The predicted octanol–water partition coefficient (Wildman–Crippen LogP) is -0.296. The second-order valence-corrected chi connectivity index (χ2v) is 3.90. The molecule has 6 N–H and O–H groups in total. The first-order valence-corrected chi connectivity index (χ1v) is 5.35. The van der Waals surface area contributed by atoms with Gasteiger partial charge in [0.25, 0.3) is 0 Å². The number of aromatic nitrogens is 2. The summed E-state index contributed by atoms with van der Waals surface area (Å²) in [4.78, 5) is 22.4. The summed E-state index contributed by atoms with van der Waals surface area (Å²) in [5, 5.41) is 10.1. The number of H-pyrrole nitrogens is 1. The fraction of sp³-hybridized carbons (Fsp3) is 0.182. The Morgan fingerprint density at radius 1 is 1.44 bits per heavy atom. The summed E-state index contributed by atoms with van der Waals surface area (Å²) in [7, 11) is 0. The second kappa shape index (κ2) is 4.84. The predicted molar refractivity (Wildman–Crippen MR) is 66.5 cm³/mol. The standard InChI is InChI=1S/C11H13N5O2/c12-7(4-10(13)17)11(18)15-8-2-1-3-9-6(8)5-14-16-9/h1-3,5,7H,4,12H2,(H2,13,17)(H,14,16)(H,15,18)/t7-/m0/s1. The average molecular weight is 247 g/mol. The SMILES string of the molecule is NC(=O)C[C@H](N)C(=O)Nc1cccc2[nH]ncc12. The van der Waals surface area contributed by atoms with E-state index in [4.69, 9.17) is 11.5 Å². The Morgan fingerprint density at radius 2 is 2.22 bits per heavy atom. The van der Waals surface area contributed by atoms with Crippen LogP contribution in [0.2, 0.25) is 0 Å². The van der Waals surface area contributed by atoms with Gasteiger partial charge in [-0.25, -0.2) is 0 Å². The number of primary amides is 1. The highest BCUT2D eigenvalue weighted by Gasteiger charge is 2.17. The number of carbonyl (C=O) groups is 2. The molecule has 2 aromatic rings. The number of hydrogen-bond donors (Lipinski definition) is 4. The molecule has 7 nitrogen and oxygen atoms in total. The number of carbonyl (C=O) groups excluding carboxylic acids is 2. The molecular weight excluding hydrogens is 234 g/mol. The van der Waals surface area contributed by atoms with Gasteiger partial charge in [0.1, 0.15) is 0 Å². The molecule has 1 heterocycles. The summed E-state index contributed by atoms with van der Waals surface area (Å²) >= 11 is 0. The molecule has 0 radical (unpaired) electrons. The zero-order valence-electron chi connectivity index (χ0n) is 9.51. The lowest BCUT2D eigenvalue weighted by molar-refractivity contribution is -0.123. The van der Waals surface area contributed by atoms with Crippen LogP contribution in [0.25, 0.3) is 10.9 Å². The van der Waals surface area contributed by atoms with Crippen molar-refractivity contribution in [1.82, 2.24) is 10.2 Å². The van der Waals surface area contributed by atoms with Crippen LogP contribution in [-0.2, 0) is 9.59 Å². The first-order valence-electron chi connectivity index (χ1n) is 5.35. The van der Waals surface area contributed by atoms with Gasteiger partial charge in [0, 0.05) is 5.39 Å². The van der Waals surface area contributed by atoms with Crippen molar-refractivity contribution in [2.45, 2.75) is 12.5 Å².